The van der Waals surface area contributed by atoms with E-state index >= 15 is 0 Å². The largest absolute Gasteiger partial charge is 0.496 e. The van der Waals surface area contributed by atoms with Gasteiger partial charge in [0.25, 0.3) is 5.91 Å². The van der Waals surface area contributed by atoms with Crippen LogP contribution in [0.25, 0.3) is 0 Å². The lowest BCUT2D eigenvalue weighted by atomic mass is 10.1. The summed E-state index contributed by atoms with van der Waals surface area (Å²) < 4.78 is 10.9. The fraction of sp³-hybridized carbons (Fsp3) is 0.222. The number of hydrogen-bond donors (Lipinski definition) is 1. The molecule has 1 atom stereocenters. The molecule has 24 heavy (non-hydrogen) atoms. The monoisotopic (exact) mass is 391 g/mol. The molecule has 0 aromatic heterocycles. The van der Waals surface area contributed by atoms with Gasteiger partial charge in [-0.3, -0.25) is 4.79 Å². The van der Waals surface area contributed by atoms with E-state index in [1.54, 1.807) is 49.6 Å². The van der Waals surface area contributed by atoms with E-state index in [0.717, 1.165) is 10.0 Å². The van der Waals surface area contributed by atoms with Gasteiger partial charge in [-0.15, -0.1) is 0 Å². The molecule has 0 saturated carbocycles. The molecule has 2 rings (SSSR count). The number of esters is 1. The van der Waals surface area contributed by atoms with Crippen LogP contribution < -0.4 is 10.1 Å². The van der Waals surface area contributed by atoms with Crippen molar-refractivity contribution in [3.8, 4) is 5.75 Å². The van der Waals surface area contributed by atoms with E-state index in [4.69, 9.17) is 9.47 Å². The number of hydrogen-bond acceptors (Lipinski definition) is 4. The molecule has 6 heteroatoms. The molecule has 0 aliphatic heterocycles. The van der Waals surface area contributed by atoms with Crippen LogP contribution in [0.5, 0.6) is 5.75 Å². The Bertz CT molecular complexity index is 743. The van der Waals surface area contributed by atoms with Crippen molar-refractivity contribution in [1.29, 1.82) is 0 Å². The Morgan fingerprint density at radius 2 is 1.75 bits per heavy atom. The van der Waals surface area contributed by atoms with Crippen LogP contribution in [-0.2, 0) is 9.53 Å². The first kappa shape index (κ1) is 18.0. The molecule has 5 nitrogen and oxygen atoms in total. The van der Waals surface area contributed by atoms with Crippen molar-refractivity contribution in [3.63, 3.8) is 0 Å². The number of benzene rings is 2. The predicted molar refractivity (Wildman–Crippen MR) is 94.1 cm³/mol. The molecule has 2 aromatic rings. The number of halogens is 1. The summed E-state index contributed by atoms with van der Waals surface area (Å²) in [5, 5.41) is 2.71. The van der Waals surface area contributed by atoms with Crippen molar-refractivity contribution in [2.24, 2.45) is 0 Å². The van der Waals surface area contributed by atoms with Crippen LogP contribution in [0.4, 0.5) is 0 Å². The molecular formula is C18H18BrNO4. The molecule has 126 valence electrons. The third kappa shape index (κ3) is 4.14. The molecule has 1 amide bonds. The Kier molecular flexibility index (Phi) is 5.98. The highest BCUT2D eigenvalue weighted by molar-refractivity contribution is 9.10. The maximum absolute atomic E-state index is 12.5. The lowest BCUT2D eigenvalue weighted by molar-refractivity contribution is -0.143. The van der Waals surface area contributed by atoms with Crippen LogP contribution in [0.15, 0.2) is 46.9 Å². The summed E-state index contributed by atoms with van der Waals surface area (Å²) >= 11 is 3.34. The van der Waals surface area contributed by atoms with Crippen LogP contribution in [-0.4, -0.2) is 26.1 Å². The molecule has 0 saturated heterocycles. The number of methoxy groups -OCH3 is 2. The van der Waals surface area contributed by atoms with Crippen molar-refractivity contribution >= 4 is 27.8 Å². The standard InChI is InChI=1S/C18H18BrNO4/c1-11-4-5-13(10-15(11)23-2)17(21)20-16(18(22)24-3)12-6-8-14(19)9-7-12/h4-10,16H,1-3H3,(H,20,21)/t16-/m0/s1. The molecule has 1 N–H and O–H groups in total. The summed E-state index contributed by atoms with van der Waals surface area (Å²) in [6.45, 7) is 1.89. The first-order valence-corrected chi connectivity index (χ1v) is 8.04. The highest BCUT2D eigenvalue weighted by atomic mass is 79.9. The van der Waals surface area contributed by atoms with Crippen molar-refractivity contribution in [3.05, 3.63) is 63.6 Å². The summed E-state index contributed by atoms with van der Waals surface area (Å²) in [4.78, 5) is 24.6. The van der Waals surface area contributed by atoms with Gasteiger partial charge in [-0.05, 0) is 42.3 Å². The van der Waals surface area contributed by atoms with Gasteiger partial charge in [0.1, 0.15) is 5.75 Å². The van der Waals surface area contributed by atoms with Gasteiger partial charge in [0.15, 0.2) is 6.04 Å². The van der Waals surface area contributed by atoms with Crippen LogP contribution >= 0.6 is 15.9 Å². The normalized spacial score (nSPS) is 11.5. The SMILES string of the molecule is COC(=O)[C@@H](NC(=O)c1ccc(C)c(OC)c1)c1ccc(Br)cc1. The summed E-state index contributed by atoms with van der Waals surface area (Å²) in [7, 11) is 2.83. The number of amides is 1. The summed E-state index contributed by atoms with van der Waals surface area (Å²) in [6.07, 6.45) is 0. The molecule has 0 bridgehead atoms. The highest BCUT2D eigenvalue weighted by Gasteiger charge is 2.24. The van der Waals surface area contributed by atoms with E-state index in [9.17, 15) is 9.59 Å². The van der Waals surface area contributed by atoms with Crippen LogP contribution in [0, 0.1) is 6.92 Å². The third-order valence-electron chi connectivity index (χ3n) is 3.59. The van der Waals surface area contributed by atoms with Gasteiger partial charge in [0, 0.05) is 10.0 Å². The van der Waals surface area contributed by atoms with Crippen LogP contribution in [0.1, 0.15) is 27.5 Å². The number of ether oxygens (including phenoxy) is 2. The fourth-order valence-corrected chi connectivity index (χ4v) is 2.49. The lowest BCUT2D eigenvalue weighted by Crippen LogP contribution is -2.34. The topological polar surface area (TPSA) is 64.6 Å². The average molecular weight is 392 g/mol. The highest BCUT2D eigenvalue weighted by Crippen LogP contribution is 2.21. The fourth-order valence-electron chi connectivity index (χ4n) is 2.23. The Labute approximate surface area is 149 Å². The second-order valence-corrected chi connectivity index (χ2v) is 6.08. The maximum atomic E-state index is 12.5. The molecule has 0 spiro atoms. The summed E-state index contributed by atoms with van der Waals surface area (Å²) in [5.41, 5.74) is 1.97. The molecule has 0 heterocycles. The predicted octanol–water partition coefficient (Wildman–Crippen LogP) is 3.41. The van der Waals surface area contributed by atoms with Crippen LogP contribution in [0.3, 0.4) is 0 Å². The van der Waals surface area contributed by atoms with E-state index in [2.05, 4.69) is 21.2 Å². The minimum Gasteiger partial charge on any atom is -0.496 e. The van der Waals surface area contributed by atoms with E-state index < -0.39 is 12.0 Å². The zero-order chi connectivity index (χ0) is 17.7. The smallest absolute Gasteiger partial charge is 0.333 e. The minimum atomic E-state index is -0.886. The van der Waals surface area contributed by atoms with Gasteiger partial charge >= 0.3 is 5.97 Å². The van der Waals surface area contributed by atoms with Gasteiger partial charge in [-0.25, -0.2) is 4.79 Å². The van der Waals surface area contributed by atoms with Gasteiger partial charge < -0.3 is 14.8 Å². The minimum absolute atomic E-state index is 0.383. The summed E-state index contributed by atoms with van der Waals surface area (Å²) in [5.74, 6) is -0.308. The number of rotatable bonds is 5. The zero-order valence-corrected chi connectivity index (χ0v) is 15.2. The molecule has 0 aliphatic carbocycles. The molecular weight excluding hydrogens is 374 g/mol. The van der Waals surface area contributed by atoms with E-state index in [0.29, 0.717) is 16.9 Å². The molecule has 0 radical (unpaired) electrons. The number of carbonyl (C=O) groups excluding carboxylic acids is 2. The summed E-state index contributed by atoms with van der Waals surface area (Å²) in [6, 6.07) is 11.3. The lowest BCUT2D eigenvalue weighted by Gasteiger charge is -2.17. The molecule has 0 aliphatic rings. The Balaban J connectivity index is 2.27. The maximum Gasteiger partial charge on any atom is 0.333 e. The third-order valence-corrected chi connectivity index (χ3v) is 4.11. The van der Waals surface area contributed by atoms with Crippen molar-refractivity contribution < 1.29 is 19.1 Å². The van der Waals surface area contributed by atoms with Gasteiger partial charge in [-0.2, -0.15) is 0 Å². The van der Waals surface area contributed by atoms with Crippen LogP contribution in [0.2, 0.25) is 0 Å². The Morgan fingerprint density at radius 1 is 1.08 bits per heavy atom. The second-order valence-electron chi connectivity index (χ2n) is 5.17. The van der Waals surface area contributed by atoms with Crippen molar-refractivity contribution in [2.45, 2.75) is 13.0 Å². The van der Waals surface area contributed by atoms with Gasteiger partial charge in [0.05, 0.1) is 14.2 Å². The molecule has 2 aromatic carbocycles. The second kappa shape index (κ2) is 7.97. The van der Waals surface area contributed by atoms with E-state index in [1.807, 2.05) is 6.92 Å². The molecule has 0 fully saturated rings. The van der Waals surface area contributed by atoms with Crippen molar-refractivity contribution in [1.82, 2.24) is 5.32 Å². The van der Waals surface area contributed by atoms with Gasteiger partial charge in [-0.1, -0.05) is 34.1 Å². The van der Waals surface area contributed by atoms with Gasteiger partial charge in [0.2, 0.25) is 0 Å². The average Bonchev–Trinajstić information content (AvgIpc) is 2.60. The van der Waals surface area contributed by atoms with E-state index in [1.165, 1.54) is 7.11 Å². The zero-order valence-electron chi connectivity index (χ0n) is 13.6. The number of nitrogens with one attached hydrogen (secondary N) is 1. The molecule has 0 unspecified atom stereocenters. The Hall–Kier alpha value is -2.34. The first-order valence-electron chi connectivity index (χ1n) is 7.25. The van der Waals surface area contributed by atoms with E-state index in [-0.39, 0.29) is 5.91 Å². The quantitative estimate of drug-likeness (QED) is 0.793. The Morgan fingerprint density at radius 3 is 2.33 bits per heavy atom. The first-order chi connectivity index (χ1) is 11.5. The number of aryl methyl sites for hydroxylation is 1. The van der Waals surface area contributed by atoms with Crippen molar-refractivity contribution in [2.75, 3.05) is 14.2 Å². The number of carbonyl (C=O) groups is 2.